The Balaban J connectivity index is 1.87. The van der Waals surface area contributed by atoms with Crippen molar-refractivity contribution in [3.8, 4) is 17.0 Å². The molecule has 0 saturated heterocycles. The van der Waals surface area contributed by atoms with Gasteiger partial charge in [-0.15, -0.1) is 0 Å². The molecule has 0 radical (unpaired) electrons. The molecule has 0 saturated carbocycles. The van der Waals surface area contributed by atoms with Crippen molar-refractivity contribution in [2.24, 2.45) is 0 Å². The number of benzene rings is 2. The Kier molecular flexibility index (Phi) is 4.44. The van der Waals surface area contributed by atoms with Gasteiger partial charge in [0.05, 0.1) is 5.69 Å². The van der Waals surface area contributed by atoms with Crippen LogP contribution in [-0.2, 0) is 0 Å². The zero-order valence-corrected chi connectivity index (χ0v) is 14.3. The van der Waals surface area contributed by atoms with E-state index in [0.717, 1.165) is 11.3 Å². The Morgan fingerprint density at radius 2 is 1.57 bits per heavy atom. The van der Waals surface area contributed by atoms with E-state index in [4.69, 9.17) is 0 Å². The monoisotopic (exact) mass is 324 g/mol. The Hall–Kier alpha value is -2.20. The Morgan fingerprint density at radius 3 is 2.13 bits per heavy atom. The lowest BCUT2D eigenvalue weighted by Gasteiger charge is -2.06. The van der Waals surface area contributed by atoms with Gasteiger partial charge in [0.1, 0.15) is 5.69 Å². The Bertz CT molecular complexity index is 792. The fraction of sp³-hybridized carbons (Fsp3) is 0.211. The first kappa shape index (κ1) is 15.7. The van der Waals surface area contributed by atoms with Crippen LogP contribution in [0.3, 0.4) is 0 Å². The van der Waals surface area contributed by atoms with E-state index >= 15 is 0 Å². The molecule has 1 N–H and O–H groups in total. The van der Waals surface area contributed by atoms with Crippen LogP contribution in [0.1, 0.15) is 25.6 Å². The lowest BCUT2D eigenvalue weighted by atomic mass is 10.1. The van der Waals surface area contributed by atoms with Gasteiger partial charge in [0, 0.05) is 21.4 Å². The van der Waals surface area contributed by atoms with Crippen molar-refractivity contribution in [3.63, 3.8) is 0 Å². The van der Waals surface area contributed by atoms with Crippen molar-refractivity contribution >= 4 is 11.8 Å². The molecule has 0 aliphatic carbocycles. The SMILES string of the molecule is Cc1c(O)c(-c2ccc(Sc3ccccc3)cc2)nn1C(C)C. The highest BCUT2D eigenvalue weighted by molar-refractivity contribution is 7.99. The molecule has 0 atom stereocenters. The molecular formula is C19H20N2OS. The molecule has 0 unspecified atom stereocenters. The molecule has 1 aromatic heterocycles. The standard InChI is InChI=1S/C19H20N2OS/c1-13(2)21-14(3)19(22)18(20-21)15-9-11-17(12-10-15)23-16-7-5-4-6-8-16/h4-13,22H,1-3H3. The van der Waals surface area contributed by atoms with Gasteiger partial charge in [-0.3, -0.25) is 4.68 Å². The van der Waals surface area contributed by atoms with E-state index in [1.54, 1.807) is 11.8 Å². The summed E-state index contributed by atoms with van der Waals surface area (Å²) in [6.45, 7) is 6.01. The quantitative estimate of drug-likeness (QED) is 0.708. The predicted molar refractivity (Wildman–Crippen MR) is 95.0 cm³/mol. The van der Waals surface area contributed by atoms with Crippen LogP contribution in [0, 0.1) is 6.92 Å². The summed E-state index contributed by atoms with van der Waals surface area (Å²) in [6.07, 6.45) is 0. The maximum atomic E-state index is 10.3. The summed E-state index contributed by atoms with van der Waals surface area (Å²) >= 11 is 1.72. The number of aromatic hydroxyl groups is 1. The third-order valence-corrected chi connectivity index (χ3v) is 4.73. The highest BCUT2D eigenvalue weighted by Gasteiger charge is 2.16. The van der Waals surface area contributed by atoms with Gasteiger partial charge in [0.15, 0.2) is 5.75 Å². The predicted octanol–water partition coefficient (Wildman–Crippen LogP) is 5.30. The largest absolute Gasteiger partial charge is 0.504 e. The molecule has 0 bridgehead atoms. The average Bonchev–Trinajstić information content (AvgIpc) is 2.85. The first-order chi connectivity index (χ1) is 11.1. The van der Waals surface area contributed by atoms with Crippen LogP contribution in [0.2, 0.25) is 0 Å². The Morgan fingerprint density at radius 1 is 0.957 bits per heavy atom. The molecule has 3 aromatic rings. The second-order valence-electron chi connectivity index (χ2n) is 5.76. The fourth-order valence-electron chi connectivity index (χ4n) is 2.51. The highest BCUT2D eigenvalue weighted by atomic mass is 32.2. The summed E-state index contributed by atoms with van der Waals surface area (Å²) in [7, 11) is 0. The molecule has 23 heavy (non-hydrogen) atoms. The molecule has 2 aromatic carbocycles. The average molecular weight is 324 g/mol. The first-order valence-corrected chi connectivity index (χ1v) is 8.49. The molecule has 0 aliphatic rings. The van der Waals surface area contributed by atoms with Crippen LogP contribution in [-0.4, -0.2) is 14.9 Å². The number of hydrogen-bond donors (Lipinski definition) is 1. The van der Waals surface area contributed by atoms with E-state index in [-0.39, 0.29) is 11.8 Å². The minimum Gasteiger partial charge on any atom is -0.504 e. The fourth-order valence-corrected chi connectivity index (χ4v) is 3.35. The van der Waals surface area contributed by atoms with E-state index in [2.05, 4.69) is 43.2 Å². The van der Waals surface area contributed by atoms with E-state index in [9.17, 15) is 5.11 Å². The smallest absolute Gasteiger partial charge is 0.164 e. The maximum absolute atomic E-state index is 10.3. The summed E-state index contributed by atoms with van der Waals surface area (Å²) < 4.78 is 1.86. The molecule has 0 spiro atoms. The molecular weight excluding hydrogens is 304 g/mol. The van der Waals surface area contributed by atoms with Crippen molar-refractivity contribution in [2.75, 3.05) is 0 Å². The van der Waals surface area contributed by atoms with Gasteiger partial charge >= 0.3 is 0 Å². The molecule has 3 nitrogen and oxygen atoms in total. The summed E-state index contributed by atoms with van der Waals surface area (Å²) in [5, 5.41) is 14.9. The maximum Gasteiger partial charge on any atom is 0.164 e. The van der Waals surface area contributed by atoms with E-state index < -0.39 is 0 Å². The van der Waals surface area contributed by atoms with Crippen LogP contribution in [0.5, 0.6) is 5.75 Å². The highest BCUT2D eigenvalue weighted by Crippen LogP contribution is 2.34. The lowest BCUT2D eigenvalue weighted by Crippen LogP contribution is -2.04. The second kappa shape index (κ2) is 6.50. The number of nitrogens with zero attached hydrogens (tertiary/aromatic N) is 2. The third kappa shape index (κ3) is 3.27. The minimum atomic E-state index is 0.225. The molecule has 0 aliphatic heterocycles. The van der Waals surface area contributed by atoms with Crippen LogP contribution in [0.25, 0.3) is 11.3 Å². The topological polar surface area (TPSA) is 38.1 Å². The summed E-state index contributed by atoms with van der Waals surface area (Å²) in [6, 6.07) is 18.7. The molecule has 118 valence electrons. The van der Waals surface area contributed by atoms with Crippen LogP contribution >= 0.6 is 11.8 Å². The lowest BCUT2D eigenvalue weighted by molar-refractivity contribution is 0.461. The second-order valence-corrected chi connectivity index (χ2v) is 6.91. The van der Waals surface area contributed by atoms with Gasteiger partial charge in [0.2, 0.25) is 0 Å². The van der Waals surface area contributed by atoms with Gasteiger partial charge < -0.3 is 5.11 Å². The van der Waals surface area contributed by atoms with Gasteiger partial charge in [-0.1, -0.05) is 42.1 Å². The summed E-state index contributed by atoms with van der Waals surface area (Å²) in [4.78, 5) is 2.38. The van der Waals surface area contributed by atoms with Crippen molar-refractivity contribution < 1.29 is 5.11 Å². The summed E-state index contributed by atoms with van der Waals surface area (Å²) in [5.41, 5.74) is 2.38. The minimum absolute atomic E-state index is 0.225. The van der Waals surface area contributed by atoms with Crippen molar-refractivity contribution in [1.29, 1.82) is 0 Å². The van der Waals surface area contributed by atoms with Crippen LogP contribution < -0.4 is 0 Å². The van der Waals surface area contributed by atoms with Crippen molar-refractivity contribution in [1.82, 2.24) is 9.78 Å². The van der Waals surface area contributed by atoms with Gasteiger partial charge in [-0.25, -0.2) is 0 Å². The van der Waals surface area contributed by atoms with Gasteiger partial charge in [-0.05, 0) is 45.0 Å². The zero-order valence-electron chi connectivity index (χ0n) is 13.5. The Labute approximate surface area is 141 Å². The zero-order chi connectivity index (χ0) is 16.4. The molecule has 4 heteroatoms. The van der Waals surface area contributed by atoms with Crippen LogP contribution in [0.4, 0.5) is 0 Å². The molecule has 0 amide bonds. The molecule has 0 fully saturated rings. The van der Waals surface area contributed by atoms with E-state index in [1.165, 1.54) is 9.79 Å². The normalized spacial score (nSPS) is 11.1. The van der Waals surface area contributed by atoms with Crippen molar-refractivity contribution in [2.45, 2.75) is 36.6 Å². The van der Waals surface area contributed by atoms with Gasteiger partial charge in [-0.2, -0.15) is 5.10 Å². The number of rotatable bonds is 4. The summed E-state index contributed by atoms with van der Waals surface area (Å²) in [5.74, 6) is 0.266. The third-order valence-electron chi connectivity index (χ3n) is 3.71. The van der Waals surface area contributed by atoms with Gasteiger partial charge in [0.25, 0.3) is 0 Å². The van der Waals surface area contributed by atoms with Crippen LogP contribution in [0.15, 0.2) is 64.4 Å². The number of hydrogen-bond acceptors (Lipinski definition) is 3. The molecule has 3 rings (SSSR count). The van der Waals surface area contributed by atoms with E-state index in [1.807, 2.05) is 41.9 Å². The first-order valence-electron chi connectivity index (χ1n) is 7.67. The van der Waals surface area contributed by atoms with Crippen molar-refractivity contribution in [3.05, 3.63) is 60.3 Å². The molecule has 1 heterocycles. The number of aromatic nitrogens is 2. The van der Waals surface area contributed by atoms with E-state index in [0.29, 0.717) is 5.69 Å².